The summed E-state index contributed by atoms with van der Waals surface area (Å²) in [4.78, 5) is 24.1. The third-order valence-corrected chi connectivity index (χ3v) is 5.85. The molecule has 1 aliphatic rings. The quantitative estimate of drug-likeness (QED) is 0.236. The van der Waals surface area contributed by atoms with Gasteiger partial charge in [0.25, 0.3) is 0 Å². The molecule has 1 amide bonds. The molecule has 2 aromatic carbocycles. The number of nitrogens with one attached hydrogen (secondary N) is 2. The summed E-state index contributed by atoms with van der Waals surface area (Å²) < 4.78 is 16.9. The SMILES string of the molecule is O=C(Nc1cc([C@H]2CC[C@@H](OC(=O)Oc3ccc(I)cc3)C2)n[nH]1)OCc1ccccc1. The first-order valence-electron chi connectivity index (χ1n) is 10.2. The van der Waals surface area contributed by atoms with Crippen molar-refractivity contribution in [1.29, 1.82) is 0 Å². The van der Waals surface area contributed by atoms with Crippen molar-refractivity contribution in [3.8, 4) is 5.75 Å². The molecular weight excluding hydrogens is 525 g/mol. The van der Waals surface area contributed by atoms with Crippen LogP contribution in [0, 0.1) is 3.57 Å². The van der Waals surface area contributed by atoms with Crippen molar-refractivity contribution >= 4 is 40.7 Å². The predicted octanol–water partition coefficient (Wildman–Crippen LogP) is 5.61. The van der Waals surface area contributed by atoms with Crippen molar-refractivity contribution in [1.82, 2.24) is 10.2 Å². The number of aromatic amines is 1. The van der Waals surface area contributed by atoms with Crippen LogP contribution >= 0.6 is 22.6 Å². The molecule has 9 heteroatoms. The zero-order valence-corrected chi connectivity index (χ0v) is 19.3. The van der Waals surface area contributed by atoms with Gasteiger partial charge in [0.15, 0.2) is 0 Å². The van der Waals surface area contributed by atoms with Gasteiger partial charge in [-0.05, 0) is 71.7 Å². The normalized spacial score (nSPS) is 17.5. The zero-order chi connectivity index (χ0) is 22.3. The lowest BCUT2D eigenvalue weighted by molar-refractivity contribution is 0.0606. The molecule has 0 unspecified atom stereocenters. The number of anilines is 1. The van der Waals surface area contributed by atoms with Crippen LogP contribution in [0.1, 0.15) is 36.4 Å². The molecule has 0 radical (unpaired) electrons. The number of nitrogens with zero attached hydrogens (tertiary/aromatic N) is 1. The monoisotopic (exact) mass is 547 g/mol. The van der Waals surface area contributed by atoms with Crippen molar-refractivity contribution in [3.05, 3.63) is 75.5 Å². The number of rotatable bonds is 6. The van der Waals surface area contributed by atoms with Crippen LogP contribution < -0.4 is 10.1 Å². The Balaban J connectivity index is 1.22. The fourth-order valence-corrected chi connectivity index (χ4v) is 3.91. The van der Waals surface area contributed by atoms with Crippen LogP contribution in [-0.2, 0) is 16.1 Å². The number of H-pyrrole nitrogens is 1. The number of hydrogen-bond donors (Lipinski definition) is 2. The first-order chi connectivity index (χ1) is 15.5. The lowest BCUT2D eigenvalue weighted by Gasteiger charge is -2.12. The van der Waals surface area contributed by atoms with Gasteiger partial charge >= 0.3 is 12.2 Å². The fourth-order valence-electron chi connectivity index (χ4n) is 3.55. The lowest BCUT2D eigenvalue weighted by atomic mass is 10.0. The molecule has 32 heavy (non-hydrogen) atoms. The fraction of sp³-hybridized carbons (Fsp3) is 0.261. The molecule has 0 aliphatic heterocycles. The number of ether oxygens (including phenoxy) is 3. The molecule has 1 heterocycles. The summed E-state index contributed by atoms with van der Waals surface area (Å²) in [5.74, 6) is 1.03. The highest BCUT2D eigenvalue weighted by Crippen LogP contribution is 2.36. The summed E-state index contributed by atoms with van der Waals surface area (Å²) in [6.45, 7) is 0.188. The van der Waals surface area contributed by atoms with Crippen molar-refractivity contribution in [2.45, 2.75) is 37.9 Å². The number of benzene rings is 2. The first kappa shape index (κ1) is 22.1. The minimum atomic E-state index is -0.706. The molecular formula is C23H22IN3O5. The van der Waals surface area contributed by atoms with Gasteiger partial charge in [-0.15, -0.1) is 0 Å². The minimum absolute atomic E-state index is 0.123. The van der Waals surface area contributed by atoms with Gasteiger partial charge in [-0.3, -0.25) is 10.4 Å². The highest BCUT2D eigenvalue weighted by atomic mass is 127. The minimum Gasteiger partial charge on any atom is -0.444 e. The topological polar surface area (TPSA) is 103 Å². The van der Waals surface area contributed by atoms with Gasteiger partial charge in [-0.2, -0.15) is 5.10 Å². The van der Waals surface area contributed by atoms with Gasteiger partial charge in [0.2, 0.25) is 0 Å². The molecule has 2 N–H and O–H groups in total. The highest BCUT2D eigenvalue weighted by Gasteiger charge is 2.31. The van der Waals surface area contributed by atoms with E-state index in [0.29, 0.717) is 18.0 Å². The van der Waals surface area contributed by atoms with E-state index in [9.17, 15) is 9.59 Å². The number of amides is 1. The number of carbonyl (C=O) groups excluding carboxylic acids is 2. The van der Waals surface area contributed by atoms with E-state index in [1.807, 2.05) is 42.5 Å². The van der Waals surface area contributed by atoms with E-state index in [4.69, 9.17) is 14.2 Å². The summed E-state index contributed by atoms with van der Waals surface area (Å²) in [5, 5.41) is 9.75. The van der Waals surface area contributed by atoms with Crippen LogP contribution in [0.2, 0.25) is 0 Å². The standard InChI is InChI=1S/C23H22IN3O5/c24-17-7-10-18(11-8-17)31-23(29)32-19-9-6-16(12-19)20-13-21(27-26-20)25-22(28)30-14-15-4-2-1-3-5-15/h1-5,7-8,10-11,13,16,19H,6,9,12,14H2,(H2,25,26,27,28)/t16-,19+/m0/s1. The van der Waals surface area contributed by atoms with Gasteiger partial charge in [-0.1, -0.05) is 30.3 Å². The molecule has 0 saturated heterocycles. The highest BCUT2D eigenvalue weighted by molar-refractivity contribution is 14.1. The summed E-state index contributed by atoms with van der Waals surface area (Å²) in [6.07, 6.45) is 0.688. The van der Waals surface area contributed by atoms with Gasteiger partial charge < -0.3 is 14.2 Å². The van der Waals surface area contributed by atoms with Crippen molar-refractivity contribution < 1.29 is 23.8 Å². The van der Waals surface area contributed by atoms with E-state index in [2.05, 4.69) is 38.1 Å². The molecule has 0 bridgehead atoms. The molecule has 8 nitrogen and oxygen atoms in total. The molecule has 3 aromatic rings. The third-order valence-electron chi connectivity index (χ3n) is 5.13. The van der Waals surface area contributed by atoms with Gasteiger partial charge in [0.05, 0.1) is 5.69 Å². The van der Waals surface area contributed by atoms with Crippen LogP contribution in [0.25, 0.3) is 0 Å². The largest absolute Gasteiger partial charge is 0.514 e. The van der Waals surface area contributed by atoms with E-state index < -0.39 is 12.2 Å². The van der Waals surface area contributed by atoms with E-state index in [1.54, 1.807) is 18.2 Å². The number of hydrogen-bond acceptors (Lipinski definition) is 6. The Morgan fingerprint density at radius 3 is 2.66 bits per heavy atom. The summed E-state index contributed by atoms with van der Waals surface area (Å²) >= 11 is 2.18. The number of aromatic nitrogens is 2. The van der Waals surface area contributed by atoms with Crippen LogP contribution in [0.5, 0.6) is 5.75 Å². The molecule has 1 saturated carbocycles. The molecule has 4 rings (SSSR count). The Morgan fingerprint density at radius 2 is 1.88 bits per heavy atom. The second kappa shape index (κ2) is 10.5. The van der Waals surface area contributed by atoms with Gasteiger partial charge in [0.1, 0.15) is 24.3 Å². The molecule has 0 spiro atoms. The van der Waals surface area contributed by atoms with Crippen molar-refractivity contribution in [2.24, 2.45) is 0 Å². The number of carbonyl (C=O) groups is 2. The molecule has 1 aromatic heterocycles. The first-order valence-corrected chi connectivity index (χ1v) is 11.3. The summed E-state index contributed by atoms with van der Waals surface area (Å²) in [5.41, 5.74) is 1.71. The summed E-state index contributed by atoms with van der Waals surface area (Å²) in [6, 6.07) is 18.4. The maximum Gasteiger partial charge on any atom is 0.514 e. The van der Waals surface area contributed by atoms with Crippen LogP contribution in [0.3, 0.4) is 0 Å². The smallest absolute Gasteiger partial charge is 0.444 e. The van der Waals surface area contributed by atoms with E-state index in [0.717, 1.165) is 27.7 Å². The van der Waals surface area contributed by atoms with Gasteiger partial charge in [-0.25, -0.2) is 9.59 Å². The molecule has 1 fully saturated rings. The predicted molar refractivity (Wildman–Crippen MR) is 125 cm³/mol. The molecule has 166 valence electrons. The Kier molecular flexibility index (Phi) is 7.25. The Hall–Kier alpha value is -3.08. The molecule has 2 atom stereocenters. The van der Waals surface area contributed by atoms with E-state index >= 15 is 0 Å². The average molecular weight is 547 g/mol. The maximum atomic E-state index is 12.1. The van der Waals surface area contributed by atoms with Crippen LogP contribution in [0.4, 0.5) is 15.4 Å². The van der Waals surface area contributed by atoms with Crippen molar-refractivity contribution in [2.75, 3.05) is 5.32 Å². The summed E-state index contributed by atoms with van der Waals surface area (Å²) in [7, 11) is 0. The van der Waals surface area contributed by atoms with E-state index in [1.165, 1.54) is 0 Å². The maximum absolute atomic E-state index is 12.1. The number of halogens is 1. The van der Waals surface area contributed by atoms with Crippen LogP contribution in [-0.4, -0.2) is 28.5 Å². The Morgan fingerprint density at radius 1 is 1.09 bits per heavy atom. The zero-order valence-electron chi connectivity index (χ0n) is 17.1. The Bertz CT molecular complexity index is 1060. The average Bonchev–Trinajstić information content (AvgIpc) is 3.44. The lowest BCUT2D eigenvalue weighted by Crippen LogP contribution is -2.18. The second-order valence-electron chi connectivity index (χ2n) is 7.45. The van der Waals surface area contributed by atoms with Crippen LogP contribution in [0.15, 0.2) is 60.7 Å². The second-order valence-corrected chi connectivity index (χ2v) is 8.69. The molecule has 1 aliphatic carbocycles. The van der Waals surface area contributed by atoms with Gasteiger partial charge in [0, 0.05) is 15.6 Å². The van der Waals surface area contributed by atoms with E-state index in [-0.39, 0.29) is 18.6 Å². The van der Waals surface area contributed by atoms with Crippen molar-refractivity contribution in [3.63, 3.8) is 0 Å². The Labute approximate surface area is 198 Å². The third kappa shape index (κ3) is 6.22.